The number of hydrogen-bond donors (Lipinski definition) is 1. The largest absolute Gasteiger partial charge is 0.396 e. The van der Waals surface area contributed by atoms with E-state index in [2.05, 4.69) is 25.9 Å². The van der Waals surface area contributed by atoms with E-state index in [1.165, 1.54) is 0 Å². The molecule has 0 bridgehead atoms. The molecule has 0 saturated heterocycles. The monoisotopic (exact) mass is 167 g/mol. The summed E-state index contributed by atoms with van der Waals surface area (Å²) in [7, 11) is 0. The minimum Gasteiger partial charge on any atom is -0.396 e. The van der Waals surface area contributed by atoms with Crippen LogP contribution in [0.15, 0.2) is 0 Å². The average molecular weight is 167 g/mol. The molecule has 3 nitrogen and oxygen atoms in total. The van der Waals surface area contributed by atoms with E-state index >= 15 is 0 Å². The standard InChI is InChI=1S/C9H17N3/c1-5-8-9(10)7(4)11-12(8)6(2)3/h6H,5,10H2,1-4H3. The normalized spacial score (nSPS) is 11.1. The van der Waals surface area contributed by atoms with Crippen molar-refractivity contribution < 1.29 is 0 Å². The first-order chi connectivity index (χ1) is 5.57. The highest BCUT2D eigenvalue weighted by atomic mass is 15.3. The lowest BCUT2D eigenvalue weighted by molar-refractivity contribution is 0.509. The molecule has 1 heterocycles. The van der Waals surface area contributed by atoms with Crippen LogP contribution in [0.5, 0.6) is 0 Å². The van der Waals surface area contributed by atoms with Crippen molar-refractivity contribution in [1.82, 2.24) is 9.78 Å². The minimum atomic E-state index is 0.399. The summed E-state index contributed by atoms with van der Waals surface area (Å²) in [5.74, 6) is 0. The lowest BCUT2D eigenvalue weighted by atomic mass is 10.2. The van der Waals surface area contributed by atoms with Crippen LogP contribution in [-0.4, -0.2) is 9.78 Å². The SMILES string of the molecule is CCc1c(N)c(C)nn1C(C)C. The first-order valence-corrected chi connectivity index (χ1v) is 4.41. The van der Waals surface area contributed by atoms with Gasteiger partial charge < -0.3 is 5.73 Å². The van der Waals surface area contributed by atoms with Crippen LogP contribution in [-0.2, 0) is 6.42 Å². The van der Waals surface area contributed by atoms with Gasteiger partial charge in [-0.15, -0.1) is 0 Å². The van der Waals surface area contributed by atoms with E-state index in [0.717, 1.165) is 23.5 Å². The van der Waals surface area contributed by atoms with Crippen LogP contribution >= 0.6 is 0 Å². The summed E-state index contributed by atoms with van der Waals surface area (Å²) < 4.78 is 2.00. The summed E-state index contributed by atoms with van der Waals surface area (Å²) in [5.41, 5.74) is 8.82. The number of nitrogen functional groups attached to an aromatic ring is 1. The molecular formula is C9H17N3. The summed E-state index contributed by atoms with van der Waals surface area (Å²) >= 11 is 0. The highest BCUT2D eigenvalue weighted by Gasteiger charge is 2.11. The predicted octanol–water partition coefficient (Wildman–Crippen LogP) is 1.92. The fraction of sp³-hybridized carbons (Fsp3) is 0.667. The Morgan fingerprint density at radius 3 is 2.42 bits per heavy atom. The molecule has 0 amide bonds. The maximum absolute atomic E-state index is 5.87. The van der Waals surface area contributed by atoms with Gasteiger partial charge in [-0.1, -0.05) is 6.92 Å². The van der Waals surface area contributed by atoms with E-state index in [1.54, 1.807) is 0 Å². The van der Waals surface area contributed by atoms with E-state index in [-0.39, 0.29) is 0 Å². The third-order valence-electron chi connectivity index (χ3n) is 2.06. The molecule has 1 aromatic heterocycles. The Kier molecular flexibility index (Phi) is 2.40. The second kappa shape index (κ2) is 3.17. The van der Waals surface area contributed by atoms with E-state index in [1.807, 2.05) is 11.6 Å². The molecular weight excluding hydrogens is 150 g/mol. The smallest absolute Gasteiger partial charge is 0.0826 e. The van der Waals surface area contributed by atoms with Gasteiger partial charge in [0, 0.05) is 6.04 Å². The second-order valence-electron chi connectivity index (χ2n) is 3.34. The van der Waals surface area contributed by atoms with Gasteiger partial charge in [-0.25, -0.2) is 0 Å². The molecule has 3 heteroatoms. The molecule has 1 aromatic rings. The maximum atomic E-state index is 5.87. The Balaban J connectivity index is 3.20. The summed E-state index contributed by atoms with van der Waals surface area (Å²) in [6.07, 6.45) is 0.949. The number of anilines is 1. The Morgan fingerprint density at radius 1 is 1.50 bits per heavy atom. The van der Waals surface area contributed by atoms with Gasteiger partial charge in [0.1, 0.15) is 0 Å². The fourth-order valence-corrected chi connectivity index (χ4v) is 1.39. The highest BCUT2D eigenvalue weighted by Crippen LogP contribution is 2.20. The van der Waals surface area contributed by atoms with Gasteiger partial charge in [0.2, 0.25) is 0 Å². The summed E-state index contributed by atoms with van der Waals surface area (Å²) in [5, 5.41) is 4.37. The molecule has 0 aliphatic rings. The predicted molar refractivity (Wildman–Crippen MR) is 51.1 cm³/mol. The van der Waals surface area contributed by atoms with E-state index < -0.39 is 0 Å². The zero-order valence-corrected chi connectivity index (χ0v) is 8.26. The highest BCUT2D eigenvalue weighted by molar-refractivity contribution is 5.47. The quantitative estimate of drug-likeness (QED) is 0.731. The van der Waals surface area contributed by atoms with Gasteiger partial charge in [-0.2, -0.15) is 5.10 Å². The molecule has 0 saturated carbocycles. The molecule has 0 atom stereocenters. The topological polar surface area (TPSA) is 43.8 Å². The summed E-state index contributed by atoms with van der Waals surface area (Å²) in [6.45, 7) is 8.29. The molecule has 68 valence electrons. The van der Waals surface area contributed by atoms with Crippen LogP contribution in [0.3, 0.4) is 0 Å². The van der Waals surface area contributed by atoms with Gasteiger partial charge in [0.15, 0.2) is 0 Å². The molecule has 0 fully saturated rings. The first-order valence-electron chi connectivity index (χ1n) is 4.41. The van der Waals surface area contributed by atoms with Crippen molar-refractivity contribution in [2.45, 2.75) is 40.2 Å². The number of hydrogen-bond acceptors (Lipinski definition) is 2. The molecule has 0 aliphatic heterocycles. The second-order valence-corrected chi connectivity index (χ2v) is 3.34. The van der Waals surface area contributed by atoms with Crippen LogP contribution in [0.25, 0.3) is 0 Å². The van der Waals surface area contributed by atoms with Gasteiger partial charge in [0.05, 0.1) is 17.1 Å². The summed E-state index contributed by atoms with van der Waals surface area (Å²) in [4.78, 5) is 0. The van der Waals surface area contributed by atoms with Crippen molar-refractivity contribution in [3.63, 3.8) is 0 Å². The lowest BCUT2D eigenvalue weighted by Crippen LogP contribution is -2.07. The lowest BCUT2D eigenvalue weighted by Gasteiger charge is -2.09. The summed E-state index contributed by atoms with van der Waals surface area (Å²) in [6, 6.07) is 0.399. The number of rotatable bonds is 2. The van der Waals surface area contributed by atoms with Gasteiger partial charge >= 0.3 is 0 Å². The zero-order valence-electron chi connectivity index (χ0n) is 8.26. The zero-order chi connectivity index (χ0) is 9.30. The molecule has 1 rings (SSSR count). The molecule has 0 unspecified atom stereocenters. The molecule has 12 heavy (non-hydrogen) atoms. The van der Waals surface area contributed by atoms with Crippen molar-refractivity contribution in [2.24, 2.45) is 0 Å². The van der Waals surface area contributed by atoms with Crippen molar-refractivity contribution in [3.05, 3.63) is 11.4 Å². The minimum absolute atomic E-state index is 0.399. The van der Waals surface area contributed by atoms with Gasteiger partial charge in [-0.3, -0.25) is 4.68 Å². The number of nitrogens with two attached hydrogens (primary N) is 1. The Bertz CT molecular complexity index is 274. The van der Waals surface area contributed by atoms with Crippen LogP contribution in [0, 0.1) is 6.92 Å². The van der Waals surface area contributed by atoms with E-state index in [4.69, 9.17) is 5.73 Å². The van der Waals surface area contributed by atoms with E-state index in [0.29, 0.717) is 6.04 Å². The van der Waals surface area contributed by atoms with Crippen LogP contribution in [0.4, 0.5) is 5.69 Å². The Morgan fingerprint density at radius 2 is 2.08 bits per heavy atom. The van der Waals surface area contributed by atoms with Crippen LogP contribution < -0.4 is 5.73 Å². The Hall–Kier alpha value is -0.990. The first kappa shape index (κ1) is 9.10. The third kappa shape index (κ3) is 1.31. The number of aryl methyl sites for hydroxylation is 1. The number of nitrogens with zero attached hydrogens (tertiary/aromatic N) is 2. The van der Waals surface area contributed by atoms with Gasteiger partial charge in [-0.05, 0) is 27.2 Å². The fourth-order valence-electron chi connectivity index (χ4n) is 1.39. The Labute approximate surface area is 73.6 Å². The molecule has 0 aromatic carbocycles. The van der Waals surface area contributed by atoms with Crippen LogP contribution in [0.1, 0.15) is 38.2 Å². The van der Waals surface area contributed by atoms with Crippen molar-refractivity contribution >= 4 is 5.69 Å². The molecule has 0 radical (unpaired) electrons. The molecule has 0 spiro atoms. The molecule has 2 N–H and O–H groups in total. The van der Waals surface area contributed by atoms with E-state index in [9.17, 15) is 0 Å². The van der Waals surface area contributed by atoms with Crippen LogP contribution in [0.2, 0.25) is 0 Å². The molecule has 0 aliphatic carbocycles. The third-order valence-corrected chi connectivity index (χ3v) is 2.06. The van der Waals surface area contributed by atoms with Crippen molar-refractivity contribution in [1.29, 1.82) is 0 Å². The number of aromatic nitrogens is 2. The average Bonchev–Trinajstić information content (AvgIpc) is 2.29. The van der Waals surface area contributed by atoms with Gasteiger partial charge in [0.25, 0.3) is 0 Å². The maximum Gasteiger partial charge on any atom is 0.0826 e. The van der Waals surface area contributed by atoms with Crippen molar-refractivity contribution in [3.8, 4) is 0 Å². The van der Waals surface area contributed by atoms with Crippen molar-refractivity contribution in [2.75, 3.05) is 5.73 Å².